The van der Waals surface area contributed by atoms with E-state index in [9.17, 15) is 0 Å². The predicted molar refractivity (Wildman–Crippen MR) is 74.3 cm³/mol. The molecule has 0 aliphatic rings. The molecule has 0 atom stereocenters. The molecule has 0 bridgehead atoms. The van der Waals surface area contributed by atoms with Crippen LogP contribution in [0.25, 0.3) is 11.0 Å². The molecule has 4 heteroatoms. The average molecular weight is 245 g/mol. The van der Waals surface area contributed by atoms with Gasteiger partial charge in [-0.05, 0) is 51.0 Å². The minimum Gasteiger partial charge on any atom is -0.331 e. The lowest BCUT2D eigenvalue weighted by atomic mass is 10.0. The zero-order valence-corrected chi connectivity index (χ0v) is 11.6. The summed E-state index contributed by atoms with van der Waals surface area (Å²) in [6.07, 6.45) is 0. The summed E-state index contributed by atoms with van der Waals surface area (Å²) in [7, 11) is 2.04. The van der Waals surface area contributed by atoms with Crippen LogP contribution in [0.4, 0.5) is 5.69 Å². The third-order valence-electron chi connectivity index (χ3n) is 3.46. The molecule has 0 aliphatic carbocycles. The molecule has 0 saturated carbocycles. The molecule has 17 heavy (non-hydrogen) atoms. The Morgan fingerprint density at radius 1 is 1.12 bits per heavy atom. The first-order valence-electron chi connectivity index (χ1n) is 5.49. The highest BCUT2D eigenvalue weighted by molar-refractivity contribution is 7.78. The lowest BCUT2D eigenvalue weighted by Gasteiger charge is -2.10. The normalized spacial score (nSPS) is 10.6. The molecule has 0 unspecified atom stereocenters. The minimum absolute atomic E-state index is 0.906. The number of fused-ring (bicyclic) bond motifs is 1. The first-order chi connectivity index (χ1) is 7.99. The van der Waals surface area contributed by atoms with Gasteiger partial charge >= 0.3 is 0 Å². The van der Waals surface area contributed by atoms with Gasteiger partial charge in [0.1, 0.15) is 5.82 Å². The minimum atomic E-state index is 0.906. The van der Waals surface area contributed by atoms with E-state index in [1.54, 1.807) is 0 Å². The molecule has 0 radical (unpaired) electrons. The van der Waals surface area contributed by atoms with Crippen molar-refractivity contribution in [1.82, 2.24) is 9.55 Å². The van der Waals surface area contributed by atoms with E-state index in [0.29, 0.717) is 0 Å². The van der Waals surface area contributed by atoms with E-state index in [1.807, 2.05) is 20.9 Å². The quantitative estimate of drug-likeness (QED) is 0.568. The summed E-state index contributed by atoms with van der Waals surface area (Å²) in [4.78, 5) is 8.77. The molecule has 0 fully saturated rings. The number of thiocarbonyl (C=S) groups is 1. The van der Waals surface area contributed by atoms with E-state index in [-0.39, 0.29) is 0 Å². The van der Waals surface area contributed by atoms with Crippen LogP contribution in [-0.2, 0) is 7.05 Å². The third kappa shape index (κ3) is 1.61. The molecular formula is C13H15N3S. The number of rotatable bonds is 1. The van der Waals surface area contributed by atoms with Gasteiger partial charge < -0.3 is 4.57 Å². The summed E-state index contributed by atoms with van der Waals surface area (Å²) < 4.78 is 2.12. The topological polar surface area (TPSA) is 30.2 Å². The number of aryl methyl sites for hydroxylation is 4. The largest absolute Gasteiger partial charge is 0.331 e. The predicted octanol–water partition coefficient (Wildman–Crippen LogP) is 3.54. The van der Waals surface area contributed by atoms with Crippen molar-refractivity contribution >= 4 is 34.1 Å². The molecule has 0 saturated heterocycles. The number of nitrogens with zero attached hydrogens (tertiary/aromatic N) is 3. The summed E-state index contributed by atoms with van der Waals surface area (Å²) in [5.41, 5.74) is 6.53. The van der Waals surface area contributed by atoms with Gasteiger partial charge in [-0.15, -0.1) is 0 Å². The van der Waals surface area contributed by atoms with Crippen molar-refractivity contribution in [3.05, 3.63) is 22.5 Å². The highest BCUT2D eigenvalue weighted by Crippen LogP contribution is 2.34. The molecular weight excluding hydrogens is 230 g/mol. The molecule has 1 aromatic heterocycles. The number of imidazole rings is 1. The van der Waals surface area contributed by atoms with Crippen molar-refractivity contribution in [2.24, 2.45) is 12.0 Å². The molecule has 0 spiro atoms. The maximum atomic E-state index is 4.71. The van der Waals surface area contributed by atoms with Crippen LogP contribution < -0.4 is 0 Å². The van der Waals surface area contributed by atoms with Gasteiger partial charge in [0.15, 0.2) is 0 Å². The van der Waals surface area contributed by atoms with Crippen LogP contribution in [-0.4, -0.2) is 14.7 Å². The molecule has 1 aromatic carbocycles. The van der Waals surface area contributed by atoms with Crippen molar-refractivity contribution in [2.45, 2.75) is 27.7 Å². The number of isothiocyanates is 1. The fourth-order valence-electron chi connectivity index (χ4n) is 2.26. The van der Waals surface area contributed by atoms with Gasteiger partial charge in [0.05, 0.1) is 21.9 Å². The summed E-state index contributed by atoms with van der Waals surface area (Å²) in [6.45, 7) is 8.21. The zero-order chi connectivity index (χ0) is 12.7. The fourth-order valence-corrected chi connectivity index (χ4v) is 2.35. The van der Waals surface area contributed by atoms with Crippen molar-refractivity contribution in [3.8, 4) is 0 Å². The van der Waals surface area contributed by atoms with Gasteiger partial charge in [-0.1, -0.05) is 0 Å². The van der Waals surface area contributed by atoms with Gasteiger partial charge in [-0.25, -0.2) is 4.98 Å². The second kappa shape index (κ2) is 4.06. The number of benzene rings is 1. The van der Waals surface area contributed by atoms with Crippen LogP contribution in [0.15, 0.2) is 4.99 Å². The first kappa shape index (κ1) is 12.0. The second-order valence-electron chi connectivity index (χ2n) is 4.34. The summed E-state index contributed by atoms with van der Waals surface area (Å²) in [6, 6.07) is 0. The highest BCUT2D eigenvalue weighted by Gasteiger charge is 2.16. The van der Waals surface area contributed by atoms with Crippen LogP contribution >= 0.6 is 12.2 Å². The fraction of sp³-hybridized carbons (Fsp3) is 0.385. The van der Waals surface area contributed by atoms with Crippen molar-refractivity contribution < 1.29 is 0 Å². The number of hydrogen-bond acceptors (Lipinski definition) is 3. The first-order valence-corrected chi connectivity index (χ1v) is 5.90. The van der Waals surface area contributed by atoms with Gasteiger partial charge in [0.2, 0.25) is 0 Å². The van der Waals surface area contributed by atoms with Crippen LogP contribution in [0.5, 0.6) is 0 Å². The van der Waals surface area contributed by atoms with E-state index in [2.05, 4.69) is 33.6 Å². The van der Waals surface area contributed by atoms with Crippen LogP contribution in [0, 0.1) is 27.7 Å². The maximum absolute atomic E-state index is 4.71. The van der Waals surface area contributed by atoms with Crippen molar-refractivity contribution in [3.63, 3.8) is 0 Å². The van der Waals surface area contributed by atoms with E-state index in [1.165, 1.54) is 11.1 Å². The van der Waals surface area contributed by atoms with E-state index >= 15 is 0 Å². The zero-order valence-electron chi connectivity index (χ0n) is 10.7. The summed E-state index contributed by atoms with van der Waals surface area (Å²) in [5.74, 6) is 1.01. The molecule has 2 aromatic rings. The van der Waals surface area contributed by atoms with Gasteiger partial charge in [-0.3, -0.25) is 0 Å². The smallest absolute Gasteiger partial charge is 0.106 e. The Labute approximate surface area is 106 Å². The van der Waals surface area contributed by atoms with E-state index in [4.69, 9.17) is 12.2 Å². The Morgan fingerprint density at radius 3 is 2.35 bits per heavy atom. The Bertz CT molecular complexity index is 661. The molecule has 1 heterocycles. The number of aromatic nitrogens is 2. The standard InChI is InChI=1S/C13H15N3S/c1-7-8(2)13-12(15-10(4)16(13)5)9(3)11(7)14-6-17/h1-5H3. The SMILES string of the molecule is Cc1c(N=C=S)c(C)c2nc(C)n(C)c2c1C. The lowest BCUT2D eigenvalue weighted by Crippen LogP contribution is -1.95. The monoisotopic (exact) mass is 245 g/mol. The van der Waals surface area contributed by atoms with Crippen molar-refractivity contribution in [1.29, 1.82) is 0 Å². The van der Waals surface area contributed by atoms with Crippen LogP contribution in [0.3, 0.4) is 0 Å². The van der Waals surface area contributed by atoms with Gasteiger partial charge in [0, 0.05) is 12.6 Å². The number of hydrogen-bond donors (Lipinski definition) is 0. The van der Waals surface area contributed by atoms with E-state index < -0.39 is 0 Å². The average Bonchev–Trinajstić information content (AvgIpc) is 2.59. The number of aliphatic imine (C=N–C) groups is 1. The molecule has 2 rings (SSSR count). The van der Waals surface area contributed by atoms with E-state index in [0.717, 1.165) is 28.2 Å². The molecule has 3 nitrogen and oxygen atoms in total. The Balaban J connectivity index is 3.05. The third-order valence-corrected chi connectivity index (χ3v) is 3.55. The maximum Gasteiger partial charge on any atom is 0.106 e. The Hall–Kier alpha value is -1.51. The Morgan fingerprint density at radius 2 is 1.76 bits per heavy atom. The van der Waals surface area contributed by atoms with Crippen molar-refractivity contribution in [2.75, 3.05) is 0 Å². The highest BCUT2D eigenvalue weighted by atomic mass is 32.1. The van der Waals surface area contributed by atoms with Crippen LogP contribution in [0.2, 0.25) is 0 Å². The molecule has 0 amide bonds. The molecule has 0 aliphatic heterocycles. The lowest BCUT2D eigenvalue weighted by molar-refractivity contribution is 0.882. The van der Waals surface area contributed by atoms with Gasteiger partial charge in [0.25, 0.3) is 0 Å². The summed E-state index contributed by atoms with van der Waals surface area (Å²) >= 11 is 4.71. The van der Waals surface area contributed by atoms with Crippen LogP contribution in [0.1, 0.15) is 22.5 Å². The van der Waals surface area contributed by atoms with Gasteiger partial charge in [-0.2, -0.15) is 4.99 Å². The second-order valence-corrected chi connectivity index (χ2v) is 4.52. The molecule has 88 valence electrons. The molecule has 0 N–H and O–H groups in total. The Kier molecular flexibility index (Phi) is 2.86. The summed E-state index contributed by atoms with van der Waals surface area (Å²) in [5, 5.41) is 2.45.